The molecule has 132 valence electrons. The van der Waals surface area contributed by atoms with Crippen LogP contribution in [0.2, 0.25) is 0 Å². The molecule has 1 aromatic heterocycles. The van der Waals surface area contributed by atoms with E-state index in [1.807, 2.05) is 38.1 Å². The van der Waals surface area contributed by atoms with Gasteiger partial charge < -0.3 is 10.6 Å². The number of aromatic nitrogens is 2. The average Bonchev–Trinajstić information content (AvgIpc) is 3.00. The number of alkyl halides is 2. The Kier molecular flexibility index (Phi) is 8.66. The molecule has 2 rings (SSSR count). The van der Waals surface area contributed by atoms with Gasteiger partial charge in [-0.05, 0) is 25.0 Å². The Morgan fingerprint density at radius 1 is 1.29 bits per heavy atom. The van der Waals surface area contributed by atoms with Crippen LogP contribution in [0.4, 0.5) is 8.78 Å². The van der Waals surface area contributed by atoms with Crippen molar-refractivity contribution >= 4 is 29.9 Å². The van der Waals surface area contributed by atoms with E-state index in [2.05, 4.69) is 20.6 Å². The lowest BCUT2D eigenvalue weighted by atomic mass is 10.1. The van der Waals surface area contributed by atoms with Crippen LogP contribution in [0.3, 0.4) is 0 Å². The minimum absolute atomic E-state index is 0. The van der Waals surface area contributed by atoms with Crippen LogP contribution >= 0.6 is 24.0 Å². The van der Waals surface area contributed by atoms with Crippen LogP contribution in [0, 0.1) is 6.92 Å². The molecule has 0 radical (unpaired) electrons. The molecule has 0 unspecified atom stereocenters. The zero-order valence-electron chi connectivity index (χ0n) is 13.7. The summed E-state index contributed by atoms with van der Waals surface area (Å²) in [6.07, 6.45) is 2.62. The molecule has 5 nitrogen and oxygen atoms in total. The lowest BCUT2D eigenvalue weighted by Crippen LogP contribution is -2.37. The van der Waals surface area contributed by atoms with Crippen molar-refractivity contribution in [3.8, 4) is 0 Å². The summed E-state index contributed by atoms with van der Waals surface area (Å²) in [6.45, 7) is 2.77. The quantitative estimate of drug-likeness (QED) is 0.404. The molecule has 0 amide bonds. The van der Waals surface area contributed by atoms with Crippen LogP contribution in [-0.2, 0) is 13.1 Å². The Bertz CT molecular complexity index is 657. The Hall–Kier alpha value is -1.71. The summed E-state index contributed by atoms with van der Waals surface area (Å²) in [5.41, 5.74) is 2.29. The average molecular weight is 449 g/mol. The Morgan fingerprint density at radius 2 is 2.04 bits per heavy atom. The third-order valence-electron chi connectivity index (χ3n) is 3.39. The third-order valence-corrected chi connectivity index (χ3v) is 3.39. The molecule has 8 heteroatoms. The van der Waals surface area contributed by atoms with Gasteiger partial charge in [-0.25, -0.2) is 9.98 Å². The maximum Gasteiger partial charge on any atom is 0.319 e. The number of benzene rings is 1. The van der Waals surface area contributed by atoms with Gasteiger partial charge in [-0.1, -0.05) is 24.3 Å². The molecule has 0 fully saturated rings. The largest absolute Gasteiger partial charge is 0.357 e. The van der Waals surface area contributed by atoms with E-state index in [4.69, 9.17) is 0 Å². The van der Waals surface area contributed by atoms with E-state index in [0.29, 0.717) is 19.0 Å². The highest BCUT2D eigenvalue weighted by molar-refractivity contribution is 14.0. The highest BCUT2D eigenvalue weighted by atomic mass is 127. The molecule has 0 spiro atoms. The SMILES string of the molecule is CCNC(=NCc1ccccc1C)NCc1nccn1C(F)F.I. The van der Waals surface area contributed by atoms with Gasteiger partial charge in [0.1, 0.15) is 5.82 Å². The fourth-order valence-corrected chi connectivity index (χ4v) is 2.11. The summed E-state index contributed by atoms with van der Waals surface area (Å²) >= 11 is 0. The van der Waals surface area contributed by atoms with Crippen molar-refractivity contribution in [2.45, 2.75) is 33.5 Å². The second-order valence-corrected chi connectivity index (χ2v) is 5.00. The van der Waals surface area contributed by atoms with Gasteiger partial charge in [-0.3, -0.25) is 4.57 Å². The molecule has 0 aliphatic rings. The predicted octanol–water partition coefficient (Wildman–Crippen LogP) is 3.46. The van der Waals surface area contributed by atoms with E-state index in [-0.39, 0.29) is 36.3 Å². The van der Waals surface area contributed by atoms with Gasteiger partial charge in [-0.2, -0.15) is 8.78 Å². The van der Waals surface area contributed by atoms with Crippen LogP contribution < -0.4 is 10.6 Å². The normalized spacial score (nSPS) is 11.3. The number of nitrogens with zero attached hydrogens (tertiary/aromatic N) is 3. The molecule has 0 saturated heterocycles. The molecule has 0 aliphatic carbocycles. The topological polar surface area (TPSA) is 54.2 Å². The Labute approximate surface area is 157 Å². The van der Waals surface area contributed by atoms with Gasteiger partial charge in [0.05, 0.1) is 13.1 Å². The first-order valence-electron chi connectivity index (χ1n) is 7.48. The standard InChI is InChI=1S/C16H21F2N5.HI/c1-3-19-16(21-10-13-7-5-4-6-12(13)2)22-11-14-20-8-9-23(14)15(17)18;/h4-9,15H,3,10-11H2,1-2H3,(H2,19,21,22);1H. The molecule has 0 atom stereocenters. The van der Waals surface area contributed by atoms with Crippen molar-refractivity contribution in [2.24, 2.45) is 4.99 Å². The number of guanidine groups is 1. The van der Waals surface area contributed by atoms with Crippen molar-refractivity contribution in [3.63, 3.8) is 0 Å². The highest BCUT2D eigenvalue weighted by Crippen LogP contribution is 2.12. The molecule has 0 aliphatic heterocycles. The number of aryl methyl sites for hydroxylation is 1. The lowest BCUT2D eigenvalue weighted by Gasteiger charge is -2.12. The van der Waals surface area contributed by atoms with E-state index in [9.17, 15) is 8.78 Å². The molecule has 1 heterocycles. The second kappa shape index (κ2) is 10.2. The lowest BCUT2D eigenvalue weighted by molar-refractivity contribution is 0.0668. The Morgan fingerprint density at radius 3 is 2.71 bits per heavy atom. The van der Waals surface area contributed by atoms with E-state index < -0.39 is 6.55 Å². The number of halogens is 3. The van der Waals surface area contributed by atoms with E-state index >= 15 is 0 Å². The van der Waals surface area contributed by atoms with Crippen LogP contribution in [0.25, 0.3) is 0 Å². The minimum atomic E-state index is -2.60. The van der Waals surface area contributed by atoms with Crippen LogP contribution in [-0.4, -0.2) is 22.1 Å². The van der Waals surface area contributed by atoms with Gasteiger partial charge in [0.25, 0.3) is 0 Å². The first-order valence-corrected chi connectivity index (χ1v) is 7.48. The summed E-state index contributed by atoms with van der Waals surface area (Å²) in [5.74, 6) is 0.834. The maximum absolute atomic E-state index is 12.8. The van der Waals surface area contributed by atoms with E-state index in [0.717, 1.165) is 10.1 Å². The number of imidazole rings is 1. The summed E-state index contributed by atoms with van der Waals surface area (Å²) in [5, 5.41) is 6.13. The fourth-order valence-electron chi connectivity index (χ4n) is 2.11. The van der Waals surface area contributed by atoms with Crippen molar-refractivity contribution in [2.75, 3.05) is 6.54 Å². The molecule has 0 saturated carbocycles. The first kappa shape index (κ1) is 20.3. The second-order valence-electron chi connectivity index (χ2n) is 5.00. The number of hydrogen-bond donors (Lipinski definition) is 2. The monoisotopic (exact) mass is 449 g/mol. The zero-order valence-corrected chi connectivity index (χ0v) is 16.0. The predicted molar refractivity (Wildman–Crippen MR) is 102 cm³/mol. The minimum Gasteiger partial charge on any atom is -0.357 e. The first-order chi connectivity index (χ1) is 11.1. The summed E-state index contributed by atoms with van der Waals surface area (Å²) < 4.78 is 26.4. The van der Waals surface area contributed by atoms with Gasteiger partial charge in [-0.15, -0.1) is 24.0 Å². The molecule has 2 N–H and O–H groups in total. The van der Waals surface area contributed by atoms with Gasteiger partial charge in [0.2, 0.25) is 0 Å². The van der Waals surface area contributed by atoms with Crippen LogP contribution in [0.5, 0.6) is 0 Å². The third kappa shape index (κ3) is 5.73. The zero-order chi connectivity index (χ0) is 16.7. The fraction of sp³-hybridized carbons (Fsp3) is 0.375. The van der Waals surface area contributed by atoms with Crippen molar-refractivity contribution in [3.05, 3.63) is 53.6 Å². The van der Waals surface area contributed by atoms with Gasteiger partial charge in [0.15, 0.2) is 5.96 Å². The molecular weight excluding hydrogens is 427 g/mol. The van der Waals surface area contributed by atoms with Gasteiger partial charge in [0, 0.05) is 18.9 Å². The molecule has 2 aromatic rings. The summed E-state index contributed by atoms with van der Waals surface area (Å²) in [6, 6.07) is 8.00. The van der Waals surface area contributed by atoms with Crippen molar-refractivity contribution in [1.82, 2.24) is 20.2 Å². The molecule has 1 aromatic carbocycles. The highest BCUT2D eigenvalue weighted by Gasteiger charge is 2.11. The van der Waals surface area contributed by atoms with E-state index in [1.165, 1.54) is 18.0 Å². The van der Waals surface area contributed by atoms with E-state index in [1.54, 1.807) is 0 Å². The molecular formula is C16H22F2IN5. The number of rotatable bonds is 6. The smallest absolute Gasteiger partial charge is 0.319 e. The van der Waals surface area contributed by atoms with Crippen LogP contribution in [0.1, 0.15) is 30.4 Å². The number of aliphatic imine (C=N–C) groups is 1. The van der Waals surface area contributed by atoms with Crippen molar-refractivity contribution < 1.29 is 8.78 Å². The Balaban J connectivity index is 0.00000288. The van der Waals surface area contributed by atoms with Crippen molar-refractivity contribution in [1.29, 1.82) is 0 Å². The number of nitrogens with one attached hydrogen (secondary N) is 2. The maximum atomic E-state index is 12.8. The van der Waals surface area contributed by atoms with Crippen LogP contribution in [0.15, 0.2) is 41.7 Å². The summed E-state index contributed by atoms with van der Waals surface area (Å²) in [7, 11) is 0. The van der Waals surface area contributed by atoms with Gasteiger partial charge >= 0.3 is 6.55 Å². The molecule has 0 bridgehead atoms. The summed E-state index contributed by atoms with van der Waals surface area (Å²) in [4.78, 5) is 8.43. The molecule has 24 heavy (non-hydrogen) atoms. The number of hydrogen-bond acceptors (Lipinski definition) is 2.